The molecule has 0 aliphatic rings. The summed E-state index contributed by atoms with van der Waals surface area (Å²) in [5.41, 5.74) is 0. The third-order valence-electron chi connectivity index (χ3n) is 8.35. The van der Waals surface area contributed by atoms with Crippen LogP contribution in [0.2, 0.25) is 0 Å². The molecule has 0 bridgehead atoms. The summed E-state index contributed by atoms with van der Waals surface area (Å²) in [4.78, 5) is 14.1. The van der Waals surface area contributed by atoms with Crippen LogP contribution in [0, 0.1) is 6.92 Å². The average Bonchev–Trinajstić information content (AvgIpc) is 2.93. The molecule has 1 aromatic rings. The number of unbranched alkanes of at least 4 members (excludes halogenated alkanes) is 26. The van der Waals surface area contributed by atoms with Crippen molar-refractivity contribution < 1.29 is 0 Å². The Morgan fingerprint density at radius 2 is 0.538 bits per heavy atom. The van der Waals surface area contributed by atoms with Crippen LogP contribution in [-0.4, -0.2) is 15.0 Å². The molecule has 0 spiro atoms. The Bertz CT molecular complexity index is 579. The van der Waals surface area contributed by atoms with Crippen molar-refractivity contribution in [1.82, 2.24) is 15.0 Å². The fraction of sp³-hybridized carbons (Fsp3) is 0.917. The first-order chi connectivity index (χ1) is 19.3. The van der Waals surface area contributed by atoms with Crippen molar-refractivity contribution in [3.8, 4) is 0 Å². The lowest BCUT2D eigenvalue weighted by Gasteiger charge is -2.06. The number of hydrogen-bond acceptors (Lipinski definition) is 3. The molecule has 0 aliphatic carbocycles. The van der Waals surface area contributed by atoms with Gasteiger partial charge in [0.05, 0.1) is 0 Å². The lowest BCUT2D eigenvalue weighted by molar-refractivity contribution is 0.532. The number of hydrogen-bond donors (Lipinski definition) is 0. The number of rotatable bonds is 30. The molecule has 1 heterocycles. The maximum absolute atomic E-state index is 4.81. The molecule has 0 amide bonds. The molecule has 0 aromatic carbocycles. The Labute approximate surface area is 245 Å². The molecule has 0 radical (unpaired) electrons. The topological polar surface area (TPSA) is 38.7 Å². The van der Waals surface area contributed by atoms with Crippen LogP contribution in [0.25, 0.3) is 0 Å². The Hall–Kier alpha value is -0.990. The second kappa shape index (κ2) is 28.5. The Morgan fingerprint density at radius 1 is 0.308 bits per heavy atom. The molecule has 0 saturated heterocycles. The van der Waals surface area contributed by atoms with Crippen LogP contribution in [0.1, 0.15) is 211 Å². The summed E-state index contributed by atoms with van der Waals surface area (Å²) in [5, 5.41) is 0. The van der Waals surface area contributed by atoms with Gasteiger partial charge in [-0.3, -0.25) is 0 Å². The highest BCUT2D eigenvalue weighted by molar-refractivity contribution is 4.96. The van der Waals surface area contributed by atoms with Crippen molar-refractivity contribution >= 4 is 0 Å². The summed E-state index contributed by atoms with van der Waals surface area (Å²) in [6.45, 7) is 6.63. The lowest BCUT2D eigenvalue weighted by Crippen LogP contribution is -2.06. The summed E-state index contributed by atoms with van der Waals surface area (Å²) in [6.07, 6.45) is 41.3. The molecular formula is C36H69N3. The first-order valence-corrected chi connectivity index (χ1v) is 18.0. The van der Waals surface area contributed by atoms with Gasteiger partial charge in [-0.05, 0) is 19.8 Å². The van der Waals surface area contributed by atoms with Gasteiger partial charge < -0.3 is 0 Å². The molecule has 1 rings (SSSR count). The molecule has 39 heavy (non-hydrogen) atoms. The van der Waals surface area contributed by atoms with Gasteiger partial charge in [0, 0.05) is 12.8 Å². The highest BCUT2D eigenvalue weighted by Gasteiger charge is 2.05. The monoisotopic (exact) mass is 544 g/mol. The third kappa shape index (κ3) is 24.5. The average molecular weight is 544 g/mol. The van der Waals surface area contributed by atoms with Crippen molar-refractivity contribution in [2.45, 2.75) is 213 Å². The number of aryl methyl sites for hydroxylation is 3. The molecule has 0 unspecified atom stereocenters. The van der Waals surface area contributed by atoms with E-state index in [1.165, 1.54) is 180 Å². The zero-order valence-electron chi connectivity index (χ0n) is 27.1. The third-order valence-corrected chi connectivity index (χ3v) is 8.35. The largest absolute Gasteiger partial charge is 0.218 e. The van der Waals surface area contributed by atoms with Crippen molar-refractivity contribution in [2.75, 3.05) is 0 Å². The number of aromatic nitrogens is 3. The van der Waals surface area contributed by atoms with Gasteiger partial charge in [0.25, 0.3) is 0 Å². The second-order valence-electron chi connectivity index (χ2n) is 12.4. The molecule has 1 aromatic heterocycles. The normalized spacial score (nSPS) is 11.5. The smallest absolute Gasteiger partial charge is 0.132 e. The number of nitrogens with zero attached hydrogens (tertiary/aromatic N) is 3. The van der Waals surface area contributed by atoms with E-state index in [1.807, 2.05) is 6.92 Å². The van der Waals surface area contributed by atoms with Crippen LogP contribution in [0.5, 0.6) is 0 Å². The summed E-state index contributed by atoms with van der Waals surface area (Å²) in [7, 11) is 0. The summed E-state index contributed by atoms with van der Waals surface area (Å²) in [6, 6.07) is 0. The van der Waals surface area contributed by atoms with Gasteiger partial charge in [-0.15, -0.1) is 0 Å². The van der Waals surface area contributed by atoms with E-state index in [9.17, 15) is 0 Å². The summed E-state index contributed by atoms with van der Waals surface area (Å²) < 4.78 is 0. The molecule has 0 fully saturated rings. The van der Waals surface area contributed by atoms with Crippen molar-refractivity contribution in [2.24, 2.45) is 0 Å². The maximum atomic E-state index is 4.81. The lowest BCUT2D eigenvalue weighted by atomic mass is 10.0. The van der Waals surface area contributed by atoms with Crippen LogP contribution >= 0.6 is 0 Å². The minimum atomic E-state index is 0.908. The maximum Gasteiger partial charge on any atom is 0.132 e. The van der Waals surface area contributed by atoms with Gasteiger partial charge in [-0.1, -0.05) is 181 Å². The first-order valence-electron chi connectivity index (χ1n) is 18.0. The van der Waals surface area contributed by atoms with E-state index in [2.05, 4.69) is 23.8 Å². The van der Waals surface area contributed by atoms with E-state index in [0.717, 1.165) is 30.3 Å². The van der Waals surface area contributed by atoms with E-state index in [4.69, 9.17) is 4.98 Å². The van der Waals surface area contributed by atoms with Crippen LogP contribution in [0.4, 0.5) is 0 Å². The molecule has 0 atom stereocenters. The van der Waals surface area contributed by atoms with Gasteiger partial charge in [0.2, 0.25) is 0 Å². The Balaban J connectivity index is 1.95. The molecular weight excluding hydrogens is 474 g/mol. The van der Waals surface area contributed by atoms with Crippen molar-refractivity contribution in [3.63, 3.8) is 0 Å². The minimum absolute atomic E-state index is 0.908. The van der Waals surface area contributed by atoms with Gasteiger partial charge >= 0.3 is 0 Å². The van der Waals surface area contributed by atoms with Crippen LogP contribution in [0.3, 0.4) is 0 Å². The fourth-order valence-electron chi connectivity index (χ4n) is 5.78. The zero-order chi connectivity index (χ0) is 28.1. The Morgan fingerprint density at radius 3 is 0.795 bits per heavy atom. The molecule has 0 saturated carbocycles. The van der Waals surface area contributed by atoms with E-state index in [-0.39, 0.29) is 0 Å². The Kier molecular flexibility index (Phi) is 26.4. The van der Waals surface area contributed by atoms with Crippen molar-refractivity contribution in [3.05, 3.63) is 17.5 Å². The highest BCUT2D eigenvalue weighted by Crippen LogP contribution is 2.15. The minimum Gasteiger partial charge on any atom is -0.218 e. The van der Waals surface area contributed by atoms with E-state index in [1.54, 1.807) is 0 Å². The first kappa shape index (κ1) is 36.0. The van der Waals surface area contributed by atoms with Gasteiger partial charge in [-0.2, -0.15) is 0 Å². The molecule has 3 nitrogen and oxygen atoms in total. The van der Waals surface area contributed by atoms with Gasteiger partial charge in [-0.25, -0.2) is 15.0 Å². The van der Waals surface area contributed by atoms with E-state index in [0.29, 0.717) is 0 Å². The fourth-order valence-corrected chi connectivity index (χ4v) is 5.78. The van der Waals surface area contributed by atoms with E-state index < -0.39 is 0 Å². The predicted octanol–water partition coefficient (Wildman–Crippen LogP) is 12.2. The highest BCUT2D eigenvalue weighted by atomic mass is 15.0. The summed E-state index contributed by atoms with van der Waals surface area (Å²) >= 11 is 0. The standard InChI is InChI=1S/C36H69N3/c1-4-6-8-10-12-14-16-18-20-22-24-26-28-30-32-35-37-34(3)38-36(39-35)33-31-29-27-25-23-21-19-17-15-13-11-9-7-5-2/h4-33H2,1-3H3. The molecule has 3 heteroatoms. The van der Waals surface area contributed by atoms with Crippen LogP contribution in [-0.2, 0) is 12.8 Å². The SMILES string of the molecule is CCCCCCCCCCCCCCCCc1nc(C)nc(CCCCCCCCCCCCCCCC)n1. The molecule has 0 aliphatic heterocycles. The van der Waals surface area contributed by atoms with Crippen LogP contribution in [0.15, 0.2) is 0 Å². The predicted molar refractivity (Wildman–Crippen MR) is 173 cm³/mol. The van der Waals surface area contributed by atoms with Gasteiger partial charge in [0.15, 0.2) is 0 Å². The molecule has 0 N–H and O–H groups in total. The quantitative estimate of drug-likeness (QED) is 0.0905. The summed E-state index contributed by atoms with van der Waals surface area (Å²) in [5.74, 6) is 2.97. The zero-order valence-corrected chi connectivity index (χ0v) is 27.1. The van der Waals surface area contributed by atoms with Gasteiger partial charge in [0.1, 0.15) is 17.5 Å². The van der Waals surface area contributed by atoms with Crippen LogP contribution < -0.4 is 0 Å². The molecule has 228 valence electrons. The van der Waals surface area contributed by atoms with Crippen molar-refractivity contribution in [1.29, 1.82) is 0 Å². The second-order valence-corrected chi connectivity index (χ2v) is 12.4. The van der Waals surface area contributed by atoms with E-state index >= 15 is 0 Å².